The predicted molar refractivity (Wildman–Crippen MR) is 108 cm³/mol. The maximum atomic E-state index is 11.5. The topological polar surface area (TPSA) is 58.6 Å². The van der Waals surface area contributed by atoms with Gasteiger partial charge in [-0.3, -0.25) is 0 Å². The van der Waals surface area contributed by atoms with Gasteiger partial charge in [0.15, 0.2) is 0 Å². The smallest absolute Gasteiger partial charge is 0.335 e. The zero-order chi connectivity index (χ0) is 19.3. The summed E-state index contributed by atoms with van der Waals surface area (Å²) in [6.07, 6.45) is 0.973. The lowest BCUT2D eigenvalue weighted by Crippen LogP contribution is -2.30. The summed E-state index contributed by atoms with van der Waals surface area (Å²) < 4.78 is 5.31. The van der Waals surface area contributed by atoms with E-state index < -0.39 is 5.97 Å². The molecular formula is C24H21NO3. The minimum absolute atomic E-state index is 0.159. The number of carboxylic acids is 1. The molecule has 2 aliphatic rings. The minimum Gasteiger partial charge on any atom is -0.497 e. The lowest BCUT2D eigenvalue weighted by molar-refractivity contribution is 0.0696. The van der Waals surface area contributed by atoms with Gasteiger partial charge in [-0.1, -0.05) is 36.4 Å². The second-order valence-corrected chi connectivity index (χ2v) is 7.55. The zero-order valence-electron chi connectivity index (χ0n) is 15.6. The highest BCUT2D eigenvalue weighted by molar-refractivity contribution is 5.89. The lowest BCUT2D eigenvalue weighted by atomic mass is 9.75. The Hall–Kier alpha value is -3.27. The van der Waals surface area contributed by atoms with Crippen molar-refractivity contribution in [3.05, 3.63) is 94.5 Å². The Bertz CT molecular complexity index is 1060. The summed E-state index contributed by atoms with van der Waals surface area (Å²) in [6, 6.07) is 22.4. The van der Waals surface area contributed by atoms with Gasteiger partial charge in [-0.25, -0.2) is 4.79 Å². The number of nitrogens with one attached hydrogen (secondary N) is 1. The Morgan fingerprint density at radius 3 is 2.57 bits per heavy atom. The predicted octanol–water partition coefficient (Wildman–Crippen LogP) is 4.86. The second kappa shape index (κ2) is 6.41. The van der Waals surface area contributed by atoms with Crippen molar-refractivity contribution in [2.45, 2.75) is 18.4 Å². The molecule has 0 bridgehead atoms. The van der Waals surface area contributed by atoms with Gasteiger partial charge < -0.3 is 15.2 Å². The van der Waals surface area contributed by atoms with E-state index in [0.717, 1.165) is 23.4 Å². The van der Waals surface area contributed by atoms with E-state index in [4.69, 9.17) is 4.74 Å². The van der Waals surface area contributed by atoms with Crippen molar-refractivity contribution >= 4 is 11.7 Å². The summed E-state index contributed by atoms with van der Waals surface area (Å²) in [4.78, 5) is 11.5. The van der Waals surface area contributed by atoms with Crippen LogP contribution in [-0.2, 0) is 6.42 Å². The van der Waals surface area contributed by atoms with E-state index in [1.54, 1.807) is 13.2 Å². The molecule has 5 rings (SSSR count). The summed E-state index contributed by atoms with van der Waals surface area (Å²) in [5.74, 6) is 0.487. The van der Waals surface area contributed by atoms with Crippen LogP contribution in [0.1, 0.15) is 44.6 Å². The monoisotopic (exact) mass is 371 g/mol. The van der Waals surface area contributed by atoms with Crippen LogP contribution in [0.25, 0.3) is 0 Å². The fourth-order valence-corrected chi connectivity index (χ4v) is 4.84. The third-order valence-electron chi connectivity index (χ3n) is 6.12. The van der Waals surface area contributed by atoms with E-state index >= 15 is 0 Å². The van der Waals surface area contributed by atoms with Gasteiger partial charge in [-0.05, 0) is 64.9 Å². The van der Waals surface area contributed by atoms with Crippen LogP contribution < -0.4 is 10.1 Å². The van der Waals surface area contributed by atoms with Crippen LogP contribution >= 0.6 is 0 Å². The van der Waals surface area contributed by atoms with Gasteiger partial charge in [-0.15, -0.1) is 0 Å². The number of hydrogen-bond acceptors (Lipinski definition) is 3. The van der Waals surface area contributed by atoms with Gasteiger partial charge in [0, 0.05) is 11.6 Å². The molecule has 0 unspecified atom stereocenters. The number of carboxylic acid groups (broad SMARTS) is 1. The van der Waals surface area contributed by atoms with Gasteiger partial charge in [0.25, 0.3) is 0 Å². The molecule has 0 saturated heterocycles. The van der Waals surface area contributed by atoms with Crippen LogP contribution in [0.15, 0.2) is 66.7 Å². The fraction of sp³-hybridized carbons (Fsp3) is 0.208. The standard InChI is InChI=1S/C24H21NO3/c1-28-17-9-6-14(7-10-17)23-20-12-15-4-2-3-5-18(15)22(20)19-13-16(24(26)27)8-11-21(19)25-23/h2-11,13,20,22-23,25H,12H2,1H3,(H,26,27)/t20-,22+,23-/m0/s1. The average molecular weight is 371 g/mol. The Kier molecular flexibility index (Phi) is 3.86. The minimum atomic E-state index is -0.886. The summed E-state index contributed by atoms with van der Waals surface area (Å²) in [5, 5.41) is 13.2. The molecule has 0 saturated carbocycles. The van der Waals surface area contributed by atoms with E-state index in [1.165, 1.54) is 16.7 Å². The van der Waals surface area contributed by atoms with Crippen LogP contribution in [0.4, 0.5) is 5.69 Å². The number of benzene rings is 3. The van der Waals surface area contributed by atoms with E-state index in [2.05, 4.69) is 41.7 Å². The molecule has 0 fully saturated rings. The average Bonchev–Trinajstić information content (AvgIpc) is 3.12. The van der Waals surface area contributed by atoms with Crippen molar-refractivity contribution in [2.75, 3.05) is 12.4 Å². The lowest BCUT2D eigenvalue weighted by Gasteiger charge is -2.38. The van der Waals surface area contributed by atoms with Crippen LogP contribution in [0.3, 0.4) is 0 Å². The SMILES string of the molecule is COc1ccc([C@@H]2Nc3ccc(C(=O)O)cc3[C@H]3c4ccccc4C[C@@H]32)cc1. The molecule has 140 valence electrons. The van der Waals surface area contributed by atoms with Crippen molar-refractivity contribution in [2.24, 2.45) is 5.92 Å². The number of fused-ring (bicyclic) bond motifs is 5. The Labute approximate surface area is 163 Å². The normalized spacial score (nSPS) is 21.8. The molecule has 2 N–H and O–H groups in total. The van der Waals surface area contributed by atoms with E-state index in [0.29, 0.717) is 11.5 Å². The van der Waals surface area contributed by atoms with Crippen molar-refractivity contribution < 1.29 is 14.6 Å². The summed E-state index contributed by atoms with van der Waals surface area (Å²) >= 11 is 0. The van der Waals surface area contributed by atoms with Crippen LogP contribution in [0, 0.1) is 5.92 Å². The first-order chi connectivity index (χ1) is 13.7. The highest BCUT2D eigenvalue weighted by Gasteiger charge is 2.43. The first-order valence-electron chi connectivity index (χ1n) is 9.51. The first kappa shape index (κ1) is 16.9. The van der Waals surface area contributed by atoms with Gasteiger partial charge in [-0.2, -0.15) is 0 Å². The molecule has 3 aromatic carbocycles. The van der Waals surface area contributed by atoms with Gasteiger partial charge in [0.05, 0.1) is 18.7 Å². The molecule has 28 heavy (non-hydrogen) atoms. The highest BCUT2D eigenvalue weighted by Crippen LogP contribution is 2.53. The van der Waals surface area contributed by atoms with Crippen molar-refractivity contribution in [3.63, 3.8) is 0 Å². The maximum Gasteiger partial charge on any atom is 0.335 e. The van der Waals surface area contributed by atoms with Crippen molar-refractivity contribution in [3.8, 4) is 5.75 Å². The number of carbonyl (C=O) groups is 1. The zero-order valence-corrected chi connectivity index (χ0v) is 15.6. The summed E-state index contributed by atoms with van der Waals surface area (Å²) in [5.41, 5.74) is 6.33. The van der Waals surface area contributed by atoms with E-state index in [-0.39, 0.29) is 12.0 Å². The summed E-state index contributed by atoms with van der Waals surface area (Å²) in [6.45, 7) is 0. The molecule has 0 aromatic heterocycles. The number of anilines is 1. The first-order valence-corrected chi connectivity index (χ1v) is 9.51. The van der Waals surface area contributed by atoms with E-state index in [9.17, 15) is 9.90 Å². The molecule has 3 aromatic rings. The largest absolute Gasteiger partial charge is 0.497 e. The molecule has 1 aliphatic carbocycles. The molecule has 0 radical (unpaired) electrons. The number of hydrogen-bond donors (Lipinski definition) is 2. The highest BCUT2D eigenvalue weighted by atomic mass is 16.5. The number of ether oxygens (including phenoxy) is 1. The Morgan fingerprint density at radius 1 is 1.04 bits per heavy atom. The molecule has 1 heterocycles. The third-order valence-corrected chi connectivity index (χ3v) is 6.12. The molecule has 4 nitrogen and oxygen atoms in total. The number of aromatic carboxylic acids is 1. The van der Waals surface area contributed by atoms with Crippen LogP contribution in [-0.4, -0.2) is 18.2 Å². The Balaban J connectivity index is 1.65. The molecule has 0 spiro atoms. The molecule has 1 aliphatic heterocycles. The van der Waals surface area contributed by atoms with Crippen LogP contribution in [0.2, 0.25) is 0 Å². The van der Waals surface area contributed by atoms with Gasteiger partial charge in [0.2, 0.25) is 0 Å². The maximum absolute atomic E-state index is 11.5. The fourth-order valence-electron chi connectivity index (χ4n) is 4.84. The van der Waals surface area contributed by atoms with Crippen molar-refractivity contribution in [1.29, 1.82) is 0 Å². The second-order valence-electron chi connectivity index (χ2n) is 7.55. The number of rotatable bonds is 3. The molecule has 0 amide bonds. The third kappa shape index (κ3) is 2.56. The van der Waals surface area contributed by atoms with E-state index in [1.807, 2.05) is 24.3 Å². The van der Waals surface area contributed by atoms with Crippen molar-refractivity contribution in [1.82, 2.24) is 0 Å². The summed E-state index contributed by atoms with van der Waals surface area (Å²) in [7, 11) is 1.67. The van der Waals surface area contributed by atoms with Crippen LogP contribution in [0.5, 0.6) is 5.75 Å². The molecule has 3 atom stereocenters. The van der Waals surface area contributed by atoms with Gasteiger partial charge in [0.1, 0.15) is 5.75 Å². The Morgan fingerprint density at radius 2 is 1.82 bits per heavy atom. The molecule has 4 heteroatoms. The van der Waals surface area contributed by atoms with Gasteiger partial charge >= 0.3 is 5.97 Å². The molecular weight excluding hydrogens is 350 g/mol. The quantitative estimate of drug-likeness (QED) is 0.690. The number of methoxy groups -OCH3 is 1.